The Morgan fingerprint density at radius 2 is 1.00 bits per heavy atom. The molecule has 0 saturated carbocycles. The normalized spacial score (nSPS) is 23.3. The molecule has 6 atom stereocenters. The molecule has 4 aliphatic heterocycles. The van der Waals surface area contributed by atoms with Crippen LogP contribution < -0.4 is 9.65 Å². The number of rotatable bonds is 11. The van der Waals surface area contributed by atoms with Gasteiger partial charge in [0.15, 0.2) is 0 Å². The van der Waals surface area contributed by atoms with Gasteiger partial charge in [-0.1, -0.05) is 93.6 Å². The molecule has 8 nitrogen and oxygen atoms in total. The smallest absolute Gasteiger partial charge is 0.423 e. The fourth-order valence-corrected chi connectivity index (χ4v) is 11.8. The van der Waals surface area contributed by atoms with Crippen molar-refractivity contribution in [3.63, 3.8) is 0 Å². The monoisotopic (exact) mass is 913 g/mol. The molecule has 0 aliphatic carbocycles. The number of nitrogens with zero attached hydrogens (tertiary/aromatic N) is 3. The van der Waals surface area contributed by atoms with Gasteiger partial charge in [-0.15, -0.1) is 23.5 Å². The van der Waals surface area contributed by atoms with Gasteiger partial charge in [-0.2, -0.15) is 21.6 Å². The van der Waals surface area contributed by atoms with Crippen LogP contribution in [0.25, 0.3) is 11.1 Å². The molecule has 2 unspecified atom stereocenters. The zero-order valence-corrected chi connectivity index (χ0v) is 39.0. The highest BCUT2D eigenvalue weighted by atomic mass is 32.2. The summed E-state index contributed by atoms with van der Waals surface area (Å²) in [5, 5.41) is 18.4. The van der Waals surface area contributed by atoms with Gasteiger partial charge in [-0.3, -0.25) is 0 Å². The topological polar surface area (TPSA) is 93.6 Å². The van der Waals surface area contributed by atoms with Crippen molar-refractivity contribution in [3.8, 4) is 16.9 Å². The first-order chi connectivity index (χ1) is 29.6. The van der Waals surface area contributed by atoms with Gasteiger partial charge < -0.3 is 28.9 Å². The maximum Gasteiger partial charge on any atom is 0.534 e. The van der Waals surface area contributed by atoms with Crippen molar-refractivity contribution in [2.24, 2.45) is 0 Å². The van der Waals surface area contributed by atoms with E-state index < -0.39 is 22.7 Å². The molecule has 4 aromatic rings. The molecule has 0 aromatic heterocycles. The van der Waals surface area contributed by atoms with Crippen LogP contribution in [-0.4, -0.2) is 114 Å². The molecule has 2 N–H and O–H groups in total. The molecule has 8 rings (SSSR count). The molecule has 4 aromatic carbocycles. The standard InChI is InChI=1S/C20H23NS.C15H18F3NO3S2.C6H7BO2.C6H15N/c1-21-17-9-10-18(21)14-20(13-17)22-19-11-7-16(8-12-19)15-5-3-2-4-6-15;1-19-10-2-3-11(19)9-14(8-10)23-13-6-4-12(5-7-13)22-24(20,21)15(16,17)18;8-7(9)6-4-2-1-3-5-6;1-4-7(5-2)6-3/h2-8,11-12,17-18,20H,9-10,13-14H2,1H3;4-7,10-11,14H,2-3,8-9H2,1H3;1-5,8-9H;4-6H2,1-3H3/t17-,18+,20?;10-,11+,14?;;. The zero-order chi connectivity index (χ0) is 44.9. The van der Waals surface area contributed by atoms with Gasteiger partial charge in [0, 0.05) is 44.5 Å². The van der Waals surface area contributed by atoms with Gasteiger partial charge in [-0.05, 0) is 138 Å². The van der Waals surface area contributed by atoms with E-state index in [0.29, 0.717) is 22.8 Å². The Morgan fingerprint density at radius 3 is 1.34 bits per heavy atom. The summed E-state index contributed by atoms with van der Waals surface area (Å²) in [5.41, 5.74) is -2.28. The van der Waals surface area contributed by atoms with Gasteiger partial charge in [0.25, 0.3) is 0 Å². The van der Waals surface area contributed by atoms with Crippen molar-refractivity contribution >= 4 is 46.2 Å². The van der Waals surface area contributed by atoms with E-state index >= 15 is 0 Å². The quantitative estimate of drug-likeness (QED) is 0.0862. The maximum atomic E-state index is 12.3. The van der Waals surface area contributed by atoms with Gasteiger partial charge in [0.1, 0.15) is 5.75 Å². The van der Waals surface area contributed by atoms with E-state index in [1.54, 1.807) is 48.2 Å². The Morgan fingerprint density at radius 1 is 0.629 bits per heavy atom. The van der Waals surface area contributed by atoms with Gasteiger partial charge in [-0.25, -0.2) is 0 Å². The largest absolute Gasteiger partial charge is 0.534 e. The van der Waals surface area contributed by atoms with E-state index in [-0.39, 0.29) is 5.75 Å². The minimum atomic E-state index is -5.62. The number of halogens is 3. The number of fused-ring (bicyclic) bond motifs is 4. The molecule has 15 heteroatoms. The van der Waals surface area contributed by atoms with Gasteiger partial charge in [0.2, 0.25) is 0 Å². The molecular formula is C47H63BF3N3O5S3. The van der Waals surface area contributed by atoms with E-state index in [1.165, 1.54) is 86.3 Å². The summed E-state index contributed by atoms with van der Waals surface area (Å²) in [6.07, 6.45) is 10.2. The molecular weight excluding hydrogens is 851 g/mol. The number of benzene rings is 4. The summed E-state index contributed by atoms with van der Waals surface area (Å²) in [7, 11) is -2.48. The Hall–Kier alpha value is -3.02. The van der Waals surface area contributed by atoms with Crippen molar-refractivity contribution in [1.82, 2.24) is 14.7 Å². The van der Waals surface area contributed by atoms with Crippen molar-refractivity contribution in [3.05, 3.63) is 109 Å². The lowest BCUT2D eigenvalue weighted by Crippen LogP contribution is -2.40. The van der Waals surface area contributed by atoms with Crippen LogP contribution in [0.15, 0.2) is 119 Å². The second kappa shape index (κ2) is 23.8. The molecule has 338 valence electrons. The maximum absolute atomic E-state index is 12.3. The minimum Gasteiger partial charge on any atom is -0.423 e. The van der Waals surface area contributed by atoms with Crippen LogP contribution in [0.3, 0.4) is 0 Å². The molecule has 4 bridgehead atoms. The first-order valence-electron chi connectivity index (χ1n) is 21.8. The number of piperidine rings is 2. The molecule has 62 heavy (non-hydrogen) atoms. The Balaban J connectivity index is 0.000000175. The van der Waals surface area contributed by atoms with Crippen LogP contribution in [0.2, 0.25) is 0 Å². The lowest BCUT2D eigenvalue weighted by molar-refractivity contribution is -0.0500. The number of hydrogen-bond donors (Lipinski definition) is 2. The van der Waals surface area contributed by atoms with Gasteiger partial charge >= 0.3 is 22.7 Å². The molecule has 4 aliphatic rings. The van der Waals surface area contributed by atoms with Crippen molar-refractivity contribution in [2.75, 3.05) is 33.7 Å². The summed E-state index contributed by atoms with van der Waals surface area (Å²) in [4.78, 5) is 9.76. The minimum absolute atomic E-state index is 0.333. The Kier molecular flexibility index (Phi) is 19.2. The molecule has 4 saturated heterocycles. The van der Waals surface area contributed by atoms with Crippen LogP contribution in [0.4, 0.5) is 13.2 Å². The third kappa shape index (κ3) is 14.5. The van der Waals surface area contributed by atoms with E-state index in [1.807, 2.05) is 6.07 Å². The zero-order valence-electron chi connectivity index (χ0n) is 36.5. The molecule has 0 radical (unpaired) electrons. The predicted molar refractivity (Wildman–Crippen MR) is 251 cm³/mol. The lowest BCUT2D eigenvalue weighted by atomic mass is 9.81. The van der Waals surface area contributed by atoms with E-state index in [0.717, 1.165) is 35.1 Å². The number of thioether (sulfide) groups is 2. The summed E-state index contributed by atoms with van der Waals surface area (Å²) in [6.45, 7) is 10.1. The summed E-state index contributed by atoms with van der Waals surface area (Å²) < 4.78 is 62.9. The first-order valence-corrected chi connectivity index (χ1v) is 24.9. The molecule has 0 amide bonds. The summed E-state index contributed by atoms with van der Waals surface area (Å²) >= 11 is 3.78. The second-order valence-electron chi connectivity index (χ2n) is 16.3. The van der Waals surface area contributed by atoms with Crippen molar-refractivity contribution in [2.45, 2.75) is 122 Å². The average molecular weight is 914 g/mol. The van der Waals surface area contributed by atoms with Crippen molar-refractivity contribution < 1.29 is 35.8 Å². The highest BCUT2D eigenvalue weighted by Gasteiger charge is 2.48. The van der Waals surface area contributed by atoms with Gasteiger partial charge in [0.05, 0.1) is 0 Å². The van der Waals surface area contributed by atoms with Crippen LogP contribution in [-0.2, 0) is 10.1 Å². The van der Waals surface area contributed by atoms with Crippen LogP contribution in [0.5, 0.6) is 5.75 Å². The molecule has 4 fully saturated rings. The predicted octanol–water partition coefficient (Wildman–Crippen LogP) is 9.42. The van der Waals surface area contributed by atoms with Crippen LogP contribution >= 0.6 is 23.5 Å². The Bertz CT molecular complexity index is 1980. The lowest BCUT2D eigenvalue weighted by Gasteiger charge is -2.36. The highest BCUT2D eigenvalue weighted by molar-refractivity contribution is 8.00. The van der Waals surface area contributed by atoms with E-state index in [9.17, 15) is 21.6 Å². The summed E-state index contributed by atoms with van der Waals surface area (Å²) in [6, 6.07) is 37.0. The van der Waals surface area contributed by atoms with Crippen LogP contribution in [0, 0.1) is 0 Å². The molecule has 0 spiro atoms. The van der Waals surface area contributed by atoms with E-state index in [4.69, 9.17) is 10.0 Å². The first kappa shape index (κ1) is 50.0. The fourth-order valence-electron chi connectivity index (χ4n) is 8.70. The molecule has 4 heterocycles. The average Bonchev–Trinajstić information content (AvgIpc) is 3.57. The second-order valence-corrected chi connectivity index (χ2v) is 20.6. The summed E-state index contributed by atoms with van der Waals surface area (Å²) in [5.74, 6) is -0.333. The van der Waals surface area contributed by atoms with E-state index in [2.05, 4.69) is 120 Å². The van der Waals surface area contributed by atoms with Crippen LogP contribution in [0.1, 0.15) is 72.1 Å². The third-order valence-corrected chi connectivity index (χ3v) is 15.9. The highest BCUT2D eigenvalue weighted by Crippen LogP contribution is 2.43. The SMILES string of the molecule is CCN(CC)CC.CN1[C@@H]2CC[C@H]1CC(Sc1ccc(-c3ccccc3)cc1)C2.CN1[C@@H]2CC[C@H]1CC(Sc1ccc(OS(=O)(=O)C(F)(F)F)cc1)C2.OB(O)c1ccccc1. The fraction of sp³-hybridized carbons (Fsp3) is 0.489. The Labute approximate surface area is 376 Å². The third-order valence-electron chi connectivity index (χ3n) is 12.4. The van der Waals surface area contributed by atoms with Crippen molar-refractivity contribution in [1.29, 1.82) is 0 Å². The number of hydrogen-bond acceptors (Lipinski definition) is 10. The number of alkyl halides is 3.